The molecule has 0 aliphatic carbocycles. The Morgan fingerprint density at radius 3 is 2.39 bits per heavy atom. The Labute approximate surface area is 168 Å². The largest absolute Gasteiger partial charge is 0.493 e. The summed E-state index contributed by atoms with van der Waals surface area (Å²) in [6.07, 6.45) is 2.21. The van der Waals surface area contributed by atoms with E-state index >= 15 is 0 Å². The third-order valence-electron chi connectivity index (χ3n) is 5.60. The molecule has 0 saturated carbocycles. The smallest absolute Gasteiger partial charge is 0.223 e. The molecule has 0 bridgehead atoms. The van der Waals surface area contributed by atoms with Crippen molar-refractivity contribution in [1.82, 2.24) is 5.32 Å². The minimum atomic E-state index is -0.0390. The predicted octanol–water partition coefficient (Wildman–Crippen LogP) is 4.44. The molecule has 4 nitrogen and oxygen atoms in total. The monoisotopic (exact) mass is 381 g/mol. The molecular formula is C24H31NO3. The molecule has 0 aromatic heterocycles. The van der Waals surface area contributed by atoms with Crippen LogP contribution in [0, 0.1) is 0 Å². The van der Waals surface area contributed by atoms with Gasteiger partial charge in [-0.25, -0.2) is 0 Å². The van der Waals surface area contributed by atoms with Crippen molar-refractivity contribution >= 4 is 5.91 Å². The second-order valence-electron chi connectivity index (χ2n) is 7.86. The fourth-order valence-electron chi connectivity index (χ4n) is 3.69. The fraction of sp³-hybridized carbons (Fsp3) is 0.458. The number of ether oxygens (including phenoxy) is 2. The summed E-state index contributed by atoms with van der Waals surface area (Å²) < 4.78 is 11.3. The Bertz CT molecular complexity index is 734. The number of carbonyl (C=O) groups is 1. The van der Waals surface area contributed by atoms with E-state index in [4.69, 9.17) is 9.47 Å². The lowest BCUT2D eigenvalue weighted by atomic mass is 9.74. The molecule has 0 radical (unpaired) electrons. The van der Waals surface area contributed by atoms with Gasteiger partial charge in [-0.05, 0) is 42.0 Å². The molecule has 1 fully saturated rings. The average molecular weight is 382 g/mol. The molecule has 28 heavy (non-hydrogen) atoms. The number of hydrogen-bond donors (Lipinski definition) is 1. The molecule has 1 heterocycles. The molecule has 2 aromatic carbocycles. The summed E-state index contributed by atoms with van der Waals surface area (Å²) in [7, 11) is 0. The Balaban J connectivity index is 1.48. The van der Waals surface area contributed by atoms with Crippen LogP contribution in [0.1, 0.15) is 50.2 Å². The molecule has 2 aromatic rings. The van der Waals surface area contributed by atoms with Crippen LogP contribution in [0.15, 0.2) is 54.6 Å². The Hall–Kier alpha value is -2.33. The Morgan fingerprint density at radius 1 is 1.07 bits per heavy atom. The van der Waals surface area contributed by atoms with Crippen molar-refractivity contribution in [2.24, 2.45) is 0 Å². The van der Waals surface area contributed by atoms with E-state index in [-0.39, 0.29) is 11.3 Å². The molecule has 4 heteroatoms. The summed E-state index contributed by atoms with van der Waals surface area (Å²) in [6.45, 7) is 6.83. The first-order valence-corrected chi connectivity index (χ1v) is 10.2. The summed E-state index contributed by atoms with van der Waals surface area (Å²) in [5, 5.41) is 3.13. The molecule has 1 saturated heterocycles. The van der Waals surface area contributed by atoms with Crippen LogP contribution in [0.2, 0.25) is 0 Å². The van der Waals surface area contributed by atoms with Crippen molar-refractivity contribution in [2.75, 3.05) is 26.4 Å². The molecule has 1 amide bonds. The molecule has 0 unspecified atom stereocenters. The van der Waals surface area contributed by atoms with Crippen LogP contribution in [0.3, 0.4) is 0 Å². The van der Waals surface area contributed by atoms with Crippen LogP contribution in [0.5, 0.6) is 5.75 Å². The molecule has 0 atom stereocenters. The van der Waals surface area contributed by atoms with Gasteiger partial charge in [-0.1, -0.05) is 56.3 Å². The van der Waals surface area contributed by atoms with Gasteiger partial charge in [0.1, 0.15) is 5.75 Å². The van der Waals surface area contributed by atoms with E-state index in [1.165, 1.54) is 11.1 Å². The van der Waals surface area contributed by atoms with Gasteiger partial charge in [-0.3, -0.25) is 4.79 Å². The van der Waals surface area contributed by atoms with Gasteiger partial charge in [0.05, 0.1) is 13.0 Å². The highest BCUT2D eigenvalue weighted by molar-refractivity contribution is 5.76. The first-order chi connectivity index (χ1) is 13.6. The van der Waals surface area contributed by atoms with E-state index in [2.05, 4.69) is 55.6 Å². The third-order valence-corrected chi connectivity index (χ3v) is 5.60. The highest BCUT2D eigenvalue weighted by atomic mass is 16.5. The first kappa shape index (κ1) is 20.4. The quantitative estimate of drug-likeness (QED) is 0.735. The lowest BCUT2D eigenvalue weighted by Crippen LogP contribution is -2.44. The van der Waals surface area contributed by atoms with Gasteiger partial charge >= 0.3 is 0 Å². The lowest BCUT2D eigenvalue weighted by Gasteiger charge is -2.38. The van der Waals surface area contributed by atoms with Crippen molar-refractivity contribution in [3.05, 3.63) is 65.7 Å². The van der Waals surface area contributed by atoms with Crippen molar-refractivity contribution in [1.29, 1.82) is 0 Å². The fourth-order valence-corrected chi connectivity index (χ4v) is 3.69. The maximum atomic E-state index is 12.4. The minimum absolute atomic E-state index is 0.0283. The zero-order chi connectivity index (χ0) is 19.8. The molecule has 0 spiro atoms. The maximum Gasteiger partial charge on any atom is 0.223 e. The second-order valence-corrected chi connectivity index (χ2v) is 7.86. The second kappa shape index (κ2) is 9.74. The Kier molecular flexibility index (Phi) is 7.10. The summed E-state index contributed by atoms with van der Waals surface area (Å²) in [6, 6.07) is 18.6. The van der Waals surface area contributed by atoms with E-state index in [9.17, 15) is 4.79 Å². The van der Waals surface area contributed by atoms with Gasteiger partial charge in [0.2, 0.25) is 5.91 Å². The highest BCUT2D eigenvalue weighted by Gasteiger charge is 2.34. The molecule has 1 N–H and O–H groups in total. The number of hydrogen-bond acceptors (Lipinski definition) is 3. The van der Waals surface area contributed by atoms with Gasteiger partial charge in [0.25, 0.3) is 0 Å². The summed E-state index contributed by atoms with van der Waals surface area (Å²) in [5.74, 6) is 1.34. The van der Waals surface area contributed by atoms with Crippen LogP contribution in [0.25, 0.3) is 0 Å². The number of carbonyl (C=O) groups excluding carboxylic acids is 1. The van der Waals surface area contributed by atoms with Gasteiger partial charge in [0.15, 0.2) is 0 Å². The van der Waals surface area contributed by atoms with E-state index in [1.54, 1.807) is 0 Å². The van der Waals surface area contributed by atoms with Crippen LogP contribution in [-0.2, 0) is 14.9 Å². The van der Waals surface area contributed by atoms with Crippen LogP contribution in [-0.4, -0.2) is 32.3 Å². The number of nitrogens with one attached hydrogen (secondary N) is 1. The number of benzene rings is 2. The zero-order valence-corrected chi connectivity index (χ0v) is 16.9. The van der Waals surface area contributed by atoms with Crippen LogP contribution in [0.4, 0.5) is 0 Å². The van der Waals surface area contributed by atoms with Gasteiger partial charge in [0, 0.05) is 25.2 Å². The van der Waals surface area contributed by atoms with Gasteiger partial charge < -0.3 is 14.8 Å². The highest BCUT2D eigenvalue weighted by Crippen LogP contribution is 2.34. The first-order valence-electron chi connectivity index (χ1n) is 10.2. The van der Waals surface area contributed by atoms with Crippen molar-refractivity contribution in [3.8, 4) is 5.75 Å². The standard InChI is InChI=1S/C24H31NO3/c1-19(2)20-8-10-22(11-9-20)28-15-12-23(26)25-18-24(13-16-27-17-14-24)21-6-4-3-5-7-21/h3-11,19H,12-18H2,1-2H3,(H,25,26). The average Bonchev–Trinajstić information content (AvgIpc) is 2.74. The number of rotatable bonds is 8. The molecule has 1 aliphatic rings. The van der Waals surface area contributed by atoms with Crippen molar-refractivity contribution in [3.63, 3.8) is 0 Å². The third kappa shape index (κ3) is 5.35. The normalized spacial score (nSPS) is 16.0. The van der Waals surface area contributed by atoms with E-state index in [1.807, 2.05) is 18.2 Å². The van der Waals surface area contributed by atoms with Crippen molar-refractivity contribution in [2.45, 2.75) is 44.4 Å². The molecule has 1 aliphatic heterocycles. The van der Waals surface area contributed by atoms with Gasteiger partial charge in [-0.15, -0.1) is 0 Å². The van der Waals surface area contributed by atoms with E-state index < -0.39 is 0 Å². The molecular weight excluding hydrogens is 350 g/mol. The predicted molar refractivity (Wildman–Crippen MR) is 112 cm³/mol. The lowest BCUT2D eigenvalue weighted by molar-refractivity contribution is -0.122. The summed E-state index contributed by atoms with van der Waals surface area (Å²) >= 11 is 0. The summed E-state index contributed by atoms with van der Waals surface area (Å²) in [5.41, 5.74) is 2.52. The topological polar surface area (TPSA) is 47.6 Å². The maximum absolute atomic E-state index is 12.4. The van der Waals surface area contributed by atoms with Gasteiger partial charge in [-0.2, -0.15) is 0 Å². The minimum Gasteiger partial charge on any atom is -0.493 e. The zero-order valence-electron chi connectivity index (χ0n) is 16.9. The van der Waals surface area contributed by atoms with E-state index in [0.29, 0.717) is 25.5 Å². The SMILES string of the molecule is CC(C)c1ccc(OCCC(=O)NCC2(c3ccccc3)CCOCC2)cc1. The molecule has 3 rings (SSSR count). The van der Waals surface area contributed by atoms with Crippen LogP contribution >= 0.6 is 0 Å². The Morgan fingerprint density at radius 2 is 1.75 bits per heavy atom. The molecule has 150 valence electrons. The van der Waals surface area contributed by atoms with E-state index in [0.717, 1.165) is 31.8 Å². The number of amides is 1. The van der Waals surface area contributed by atoms with Crippen LogP contribution < -0.4 is 10.1 Å². The van der Waals surface area contributed by atoms with Crippen molar-refractivity contribution < 1.29 is 14.3 Å². The summed E-state index contributed by atoms with van der Waals surface area (Å²) in [4.78, 5) is 12.4.